The van der Waals surface area contributed by atoms with Crippen LogP contribution in [0.1, 0.15) is 25.7 Å². The van der Waals surface area contributed by atoms with Crippen LogP contribution in [-0.2, 0) is 9.59 Å². The summed E-state index contributed by atoms with van der Waals surface area (Å²) in [5, 5.41) is 8.68. The quantitative estimate of drug-likeness (QED) is 0.772. The van der Waals surface area contributed by atoms with Crippen molar-refractivity contribution in [2.45, 2.75) is 31.9 Å². The molecular formula is C8H9F3O3. The van der Waals surface area contributed by atoms with Crippen LogP contribution < -0.4 is 0 Å². The molecule has 6 heteroatoms. The molecule has 0 aliphatic heterocycles. The molecule has 3 nitrogen and oxygen atoms in total. The first-order valence-electron chi connectivity index (χ1n) is 4.07. The number of alkyl halides is 3. The molecule has 0 amide bonds. The molecule has 0 bridgehead atoms. The van der Waals surface area contributed by atoms with Gasteiger partial charge in [0.15, 0.2) is 0 Å². The predicted octanol–water partition coefficient (Wildman–Crippen LogP) is 1.76. The average Bonchev–Trinajstić information content (AvgIpc) is 1.93. The van der Waals surface area contributed by atoms with Gasteiger partial charge >= 0.3 is 12.1 Å². The maximum absolute atomic E-state index is 11.8. The lowest BCUT2D eigenvalue weighted by Gasteiger charge is -2.36. The second-order valence-electron chi connectivity index (χ2n) is 3.59. The Balaban J connectivity index is 2.55. The number of hydrogen-bond donors (Lipinski definition) is 1. The monoisotopic (exact) mass is 210 g/mol. The maximum Gasteiger partial charge on any atom is 0.389 e. The van der Waals surface area contributed by atoms with E-state index in [-0.39, 0.29) is 18.6 Å². The molecule has 0 aromatic rings. The second kappa shape index (κ2) is 3.25. The second-order valence-corrected chi connectivity index (χ2v) is 3.59. The fourth-order valence-electron chi connectivity index (χ4n) is 1.52. The van der Waals surface area contributed by atoms with E-state index in [4.69, 9.17) is 5.11 Å². The zero-order chi connectivity index (χ0) is 11.0. The van der Waals surface area contributed by atoms with E-state index in [2.05, 4.69) is 0 Å². The highest BCUT2D eigenvalue weighted by Gasteiger charge is 2.51. The average molecular weight is 210 g/mol. The van der Waals surface area contributed by atoms with E-state index < -0.39 is 30.4 Å². The van der Waals surface area contributed by atoms with Crippen LogP contribution in [-0.4, -0.2) is 23.0 Å². The Morgan fingerprint density at radius 1 is 1.43 bits per heavy atom. The van der Waals surface area contributed by atoms with Crippen LogP contribution in [0.5, 0.6) is 0 Å². The van der Waals surface area contributed by atoms with Gasteiger partial charge in [-0.3, -0.25) is 9.59 Å². The van der Waals surface area contributed by atoms with E-state index in [1.807, 2.05) is 0 Å². The van der Waals surface area contributed by atoms with E-state index >= 15 is 0 Å². The highest BCUT2D eigenvalue weighted by Crippen LogP contribution is 2.44. The summed E-state index contributed by atoms with van der Waals surface area (Å²) in [6, 6.07) is 0. The molecule has 1 aliphatic carbocycles. The normalized spacial score (nSPS) is 20.4. The van der Waals surface area contributed by atoms with Gasteiger partial charge in [0.25, 0.3) is 0 Å². The van der Waals surface area contributed by atoms with Crippen LogP contribution in [0.2, 0.25) is 0 Å². The van der Waals surface area contributed by atoms with Gasteiger partial charge in [-0.1, -0.05) is 0 Å². The number of rotatable bonds is 3. The molecular weight excluding hydrogens is 201 g/mol. The Morgan fingerprint density at radius 2 is 1.93 bits per heavy atom. The van der Waals surface area contributed by atoms with Crippen molar-refractivity contribution in [1.29, 1.82) is 0 Å². The van der Waals surface area contributed by atoms with Crippen molar-refractivity contribution in [3.8, 4) is 0 Å². The van der Waals surface area contributed by atoms with Crippen LogP contribution >= 0.6 is 0 Å². The first kappa shape index (κ1) is 11.0. The number of carboxylic acid groups (broad SMARTS) is 1. The van der Waals surface area contributed by atoms with Crippen molar-refractivity contribution in [2.24, 2.45) is 5.41 Å². The minimum absolute atomic E-state index is 0.265. The lowest BCUT2D eigenvalue weighted by atomic mass is 9.65. The van der Waals surface area contributed by atoms with Gasteiger partial charge in [0.05, 0.1) is 5.41 Å². The summed E-state index contributed by atoms with van der Waals surface area (Å²) in [6.07, 6.45) is -6.54. The number of carbonyl (C=O) groups is 2. The van der Waals surface area contributed by atoms with Gasteiger partial charge in [-0.2, -0.15) is 13.2 Å². The molecule has 0 spiro atoms. The molecule has 0 unspecified atom stereocenters. The van der Waals surface area contributed by atoms with Gasteiger partial charge in [-0.05, 0) is 6.42 Å². The van der Waals surface area contributed by atoms with Gasteiger partial charge in [-0.15, -0.1) is 0 Å². The van der Waals surface area contributed by atoms with Crippen LogP contribution in [0.4, 0.5) is 13.2 Å². The van der Waals surface area contributed by atoms with E-state index in [1.54, 1.807) is 0 Å². The first-order chi connectivity index (χ1) is 6.25. The van der Waals surface area contributed by atoms with Crippen molar-refractivity contribution in [3.05, 3.63) is 0 Å². The highest BCUT2D eigenvalue weighted by molar-refractivity contribution is 5.96. The summed E-state index contributed by atoms with van der Waals surface area (Å²) >= 11 is 0. The summed E-state index contributed by atoms with van der Waals surface area (Å²) < 4.78 is 35.5. The van der Waals surface area contributed by atoms with Crippen LogP contribution in [0.25, 0.3) is 0 Å². The van der Waals surface area contributed by atoms with Gasteiger partial charge in [0, 0.05) is 19.3 Å². The van der Waals surface area contributed by atoms with Gasteiger partial charge in [0.2, 0.25) is 0 Å². The third-order valence-corrected chi connectivity index (χ3v) is 2.41. The molecule has 0 aromatic carbocycles. The SMILES string of the molecule is O=C1CC(CCC(F)(F)F)(C(=O)O)C1. The Hall–Kier alpha value is -1.07. The molecule has 0 aromatic heterocycles. The summed E-state index contributed by atoms with van der Waals surface area (Å²) in [6.45, 7) is 0. The Morgan fingerprint density at radius 3 is 2.21 bits per heavy atom. The standard InChI is InChI=1S/C8H9F3O3/c9-8(10,11)2-1-7(6(13)14)3-5(12)4-7/h1-4H2,(H,13,14). The fraction of sp³-hybridized carbons (Fsp3) is 0.750. The van der Waals surface area contributed by atoms with Crippen LogP contribution in [0.15, 0.2) is 0 Å². The zero-order valence-electron chi connectivity index (χ0n) is 7.23. The number of hydrogen-bond acceptors (Lipinski definition) is 2. The number of aliphatic carboxylic acids is 1. The highest BCUT2D eigenvalue weighted by atomic mass is 19.4. The van der Waals surface area contributed by atoms with Crippen molar-refractivity contribution in [3.63, 3.8) is 0 Å². The lowest BCUT2D eigenvalue weighted by Crippen LogP contribution is -2.44. The molecule has 0 radical (unpaired) electrons. The number of Topliss-reactive ketones (excluding diaryl/α,β-unsaturated/α-hetero) is 1. The molecule has 1 rings (SSSR count). The lowest BCUT2D eigenvalue weighted by molar-refractivity contribution is -0.169. The third-order valence-electron chi connectivity index (χ3n) is 2.41. The zero-order valence-corrected chi connectivity index (χ0v) is 7.23. The number of carboxylic acids is 1. The summed E-state index contributed by atoms with van der Waals surface area (Å²) in [5.41, 5.74) is -1.45. The number of carbonyl (C=O) groups excluding carboxylic acids is 1. The van der Waals surface area contributed by atoms with E-state index in [0.717, 1.165) is 0 Å². The minimum atomic E-state index is -4.36. The number of ketones is 1. The minimum Gasteiger partial charge on any atom is -0.481 e. The summed E-state index contributed by atoms with van der Waals surface area (Å²) in [7, 11) is 0. The molecule has 14 heavy (non-hydrogen) atoms. The Bertz CT molecular complexity index is 261. The molecule has 1 saturated carbocycles. The number of halogens is 3. The predicted molar refractivity (Wildman–Crippen MR) is 39.6 cm³/mol. The molecule has 1 fully saturated rings. The first-order valence-corrected chi connectivity index (χ1v) is 4.07. The molecule has 1 N–H and O–H groups in total. The largest absolute Gasteiger partial charge is 0.481 e. The van der Waals surface area contributed by atoms with Crippen LogP contribution in [0.3, 0.4) is 0 Å². The molecule has 0 heterocycles. The van der Waals surface area contributed by atoms with E-state index in [1.165, 1.54) is 0 Å². The van der Waals surface area contributed by atoms with E-state index in [9.17, 15) is 22.8 Å². The summed E-state index contributed by atoms with van der Waals surface area (Å²) in [4.78, 5) is 21.2. The van der Waals surface area contributed by atoms with Crippen molar-refractivity contribution >= 4 is 11.8 Å². The molecule has 0 atom stereocenters. The van der Waals surface area contributed by atoms with Gasteiger partial charge in [-0.25, -0.2) is 0 Å². The topological polar surface area (TPSA) is 54.4 Å². The van der Waals surface area contributed by atoms with Crippen molar-refractivity contribution < 1.29 is 27.9 Å². The maximum atomic E-state index is 11.8. The van der Waals surface area contributed by atoms with Crippen molar-refractivity contribution in [2.75, 3.05) is 0 Å². The molecule has 80 valence electrons. The van der Waals surface area contributed by atoms with Crippen molar-refractivity contribution in [1.82, 2.24) is 0 Å². The smallest absolute Gasteiger partial charge is 0.389 e. The van der Waals surface area contributed by atoms with Gasteiger partial charge in [0.1, 0.15) is 5.78 Å². The Kier molecular flexibility index (Phi) is 2.56. The molecule has 1 aliphatic rings. The Labute approximate surface area is 77.9 Å². The third kappa shape index (κ3) is 2.24. The fourth-order valence-corrected chi connectivity index (χ4v) is 1.52. The summed E-state index contributed by atoms with van der Waals surface area (Å²) in [5.74, 6) is -1.59. The molecule has 0 saturated heterocycles. The van der Waals surface area contributed by atoms with Gasteiger partial charge < -0.3 is 5.11 Å². The van der Waals surface area contributed by atoms with E-state index in [0.29, 0.717) is 0 Å². The van der Waals surface area contributed by atoms with Crippen LogP contribution in [0, 0.1) is 5.41 Å².